The van der Waals surface area contributed by atoms with Crippen LogP contribution in [0.15, 0.2) is 36.4 Å². The molecule has 1 aliphatic heterocycles. The lowest BCUT2D eigenvalue weighted by atomic mass is 10.1. The van der Waals surface area contributed by atoms with Crippen LogP contribution in [-0.4, -0.2) is 11.9 Å². The molecule has 1 heterocycles. The van der Waals surface area contributed by atoms with Crippen molar-refractivity contribution < 1.29 is 18.0 Å². The van der Waals surface area contributed by atoms with Crippen molar-refractivity contribution >= 4 is 17.3 Å². The molecule has 2 N–H and O–H groups in total. The number of carbonyl (C=O) groups is 1. The van der Waals surface area contributed by atoms with Crippen molar-refractivity contribution in [2.24, 2.45) is 0 Å². The molecule has 0 spiro atoms. The van der Waals surface area contributed by atoms with Crippen LogP contribution in [0.4, 0.5) is 24.5 Å². The Hall–Kier alpha value is -2.50. The van der Waals surface area contributed by atoms with E-state index in [1.807, 2.05) is 24.3 Å². The van der Waals surface area contributed by atoms with Gasteiger partial charge in [0, 0.05) is 24.2 Å². The SMILES string of the molecule is O=C(Nc1cc(F)c(F)cc1F)C1Cc2ccccc2N1. The van der Waals surface area contributed by atoms with Crippen LogP contribution in [0.1, 0.15) is 5.56 Å². The zero-order chi connectivity index (χ0) is 15.0. The van der Waals surface area contributed by atoms with E-state index in [0.29, 0.717) is 18.6 Å². The van der Waals surface area contributed by atoms with Gasteiger partial charge in [0.15, 0.2) is 11.6 Å². The molecule has 3 rings (SSSR count). The maximum Gasteiger partial charge on any atom is 0.247 e. The van der Waals surface area contributed by atoms with Crippen LogP contribution in [0.3, 0.4) is 0 Å². The molecule has 0 fully saturated rings. The fourth-order valence-electron chi connectivity index (χ4n) is 2.29. The van der Waals surface area contributed by atoms with Crippen molar-refractivity contribution in [1.29, 1.82) is 0 Å². The second-order valence-electron chi connectivity index (χ2n) is 4.79. The summed E-state index contributed by atoms with van der Waals surface area (Å²) in [5, 5.41) is 5.27. The maximum atomic E-state index is 13.5. The molecule has 0 saturated carbocycles. The fourth-order valence-corrected chi connectivity index (χ4v) is 2.29. The van der Waals surface area contributed by atoms with Gasteiger partial charge in [-0.25, -0.2) is 13.2 Å². The van der Waals surface area contributed by atoms with Crippen molar-refractivity contribution in [1.82, 2.24) is 0 Å². The standard InChI is InChI=1S/C15H11F3N2O/c16-9-6-11(18)13(7-10(9)17)20-15(21)14-5-8-3-1-2-4-12(8)19-14/h1-4,6-7,14,19H,5H2,(H,20,21). The predicted octanol–water partition coefficient (Wildman–Crippen LogP) is 3.08. The van der Waals surface area contributed by atoms with Crippen molar-refractivity contribution in [2.45, 2.75) is 12.5 Å². The van der Waals surface area contributed by atoms with Gasteiger partial charge in [-0.05, 0) is 11.6 Å². The molecule has 1 amide bonds. The van der Waals surface area contributed by atoms with Crippen LogP contribution in [0.2, 0.25) is 0 Å². The number of anilines is 2. The third-order valence-electron chi connectivity index (χ3n) is 3.36. The highest BCUT2D eigenvalue weighted by Crippen LogP contribution is 2.26. The molecule has 2 aromatic carbocycles. The first-order valence-corrected chi connectivity index (χ1v) is 6.34. The number of amides is 1. The first-order valence-electron chi connectivity index (χ1n) is 6.34. The Morgan fingerprint density at radius 2 is 1.81 bits per heavy atom. The second-order valence-corrected chi connectivity index (χ2v) is 4.79. The van der Waals surface area contributed by atoms with Crippen LogP contribution in [0.5, 0.6) is 0 Å². The van der Waals surface area contributed by atoms with Gasteiger partial charge in [0.1, 0.15) is 11.9 Å². The zero-order valence-corrected chi connectivity index (χ0v) is 10.8. The molecule has 0 aromatic heterocycles. The summed E-state index contributed by atoms with van der Waals surface area (Å²) in [6, 6.07) is 7.87. The van der Waals surface area contributed by atoms with Crippen LogP contribution in [0, 0.1) is 17.5 Å². The molecule has 1 atom stereocenters. The molecule has 6 heteroatoms. The zero-order valence-electron chi connectivity index (χ0n) is 10.8. The first-order chi connectivity index (χ1) is 10.0. The molecular weight excluding hydrogens is 281 g/mol. The molecule has 3 nitrogen and oxygen atoms in total. The summed E-state index contributed by atoms with van der Waals surface area (Å²) in [6.07, 6.45) is 0.452. The largest absolute Gasteiger partial charge is 0.373 e. The van der Waals surface area contributed by atoms with Crippen molar-refractivity contribution in [2.75, 3.05) is 10.6 Å². The summed E-state index contributed by atoms with van der Waals surface area (Å²) in [6.45, 7) is 0. The van der Waals surface area contributed by atoms with Gasteiger partial charge in [-0.3, -0.25) is 4.79 Å². The highest BCUT2D eigenvalue weighted by molar-refractivity contribution is 5.98. The Balaban J connectivity index is 1.75. The van der Waals surface area contributed by atoms with Crippen LogP contribution >= 0.6 is 0 Å². The summed E-state index contributed by atoms with van der Waals surface area (Å²) in [7, 11) is 0. The molecule has 21 heavy (non-hydrogen) atoms. The van der Waals surface area contributed by atoms with Crippen molar-refractivity contribution in [3.8, 4) is 0 Å². The van der Waals surface area contributed by atoms with E-state index in [4.69, 9.17) is 0 Å². The highest BCUT2D eigenvalue weighted by atomic mass is 19.2. The summed E-state index contributed by atoms with van der Waals surface area (Å²) < 4.78 is 39.4. The molecule has 0 aliphatic carbocycles. The van der Waals surface area contributed by atoms with E-state index in [-0.39, 0.29) is 5.69 Å². The molecule has 108 valence electrons. The molecule has 1 aliphatic rings. The van der Waals surface area contributed by atoms with Gasteiger partial charge in [-0.2, -0.15) is 0 Å². The first kappa shape index (κ1) is 13.5. The Labute approximate surface area is 118 Å². The second kappa shape index (κ2) is 5.12. The maximum absolute atomic E-state index is 13.5. The number of para-hydroxylation sites is 1. The Kier molecular flexibility index (Phi) is 3.29. The monoisotopic (exact) mass is 292 g/mol. The number of fused-ring (bicyclic) bond motifs is 1. The number of carbonyl (C=O) groups excluding carboxylic acids is 1. The Bertz CT molecular complexity index is 693. The Morgan fingerprint density at radius 3 is 2.57 bits per heavy atom. The minimum absolute atomic E-state index is 0.378. The van der Waals surface area contributed by atoms with E-state index in [1.165, 1.54) is 0 Å². The minimum Gasteiger partial charge on any atom is -0.373 e. The highest BCUT2D eigenvalue weighted by Gasteiger charge is 2.27. The number of hydrogen-bond donors (Lipinski definition) is 2. The van der Waals surface area contributed by atoms with E-state index < -0.39 is 29.4 Å². The third kappa shape index (κ3) is 2.56. The van der Waals surface area contributed by atoms with Crippen LogP contribution in [0.25, 0.3) is 0 Å². The molecule has 0 saturated heterocycles. The average molecular weight is 292 g/mol. The third-order valence-corrected chi connectivity index (χ3v) is 3.36. The Morgan fingerprint density at radius 1 is 1.10 bits per heavy atom. The lowest BCUT2D eigenvalue weighted by molar-refractivity contribution is -0.116. The normalized spacial score (nSPS) is 16.2. The van der Waals surface area contributed by atoms with E-state index in [1.54, 1.807) is 0 Å². The van der Waals surface area contributed by atoms with Gasteiger partial charge in [-0.1, -0.05) is 18.2 Å². The summed E-state index contributed by atoms with van der Waals surface area (Å²) >= 11 is 0. The number of nitrogens with one attached hydrogen (secondary N) is 2. The molecule has 0 bridgehead atoms. The summed E-state index contributed by atoms with van der Waals surface area (Å²) in [5.74, 6) is -4.03. The molecular formula is C15H11F3N2O. The van der Waals surface area contributed by atoms with Crippen LogP contribution in [-0.2, 0) is 11.2 Å². The number of halogens is 3. The molecule has 0 radical (unpaired) electrons. The lowest BCUT2D eigenvalue weighted by Crippen LogP contribution is -2.33. The average Bonchev–Trinajstić information content (AvgIpc) is 2.88. The number of rotatable bonds is 2. The lowest BCUT2D eigenvalue weighted by Gasteiger charge is -2.12. The van der Waals surface area contributed by atoms with Gasteiger partial charge >= 0.3 is 0 Å². The van der Waals surface area contributed by atoms with Gasteiger partial charge in [0.05, 0.1) is 5.69 Å². The van der Waals surface area contributed by atoms with E-state index >= 15 is 0 Å². The van der Waals surface area contributed by atoms with Gasteiger partial charge in [-0.15, -0.1) is 0 Å². The van der Waals surface area contributed by atoms with Crippen LogP contribution < -0.4 is 10.6 Å². The van der Waals surface area contributed by atoms with Crippen molar-refractivity contribution in [3.05, 3.63) is 59.4 Å². The topological polar surface area (TPSA) is 41.1 Å². The quantitative estimate of drug-likeness (QED) is 0.835. The predicted molar refractivity (Wildman–Crippen MR) is 72.5 cm³/mol. The van der Waals surface area contributed by atoms with Gasteiger partial charge in [0.25, 0.3) is 0 Å². The van der Waals surface area contributed by atoms with Gasteiger partial charge in [0.2, 0.25) is 5.91 Å². The molecule has 2 aromatic rings. The van der Waals surface area contributed by atoms with E-state index in [2.05, 4.69) is 10.6 Å². The van der Waals surface area contributed by atoms with Crippen molar-refractivity contribution in [3.63, 3.8) is 0 Å². The fraction of sp³-hybridized carbons (Fsp3) is 0.133. The summed E-state index contributed by atoms with van der Waals surface area (Å²) in [4.78, 5) is 12.1. The number of benzene rings is 2. The van der Waals surface area contributed by atoms with Gasteiger partial charge < -0.3 is 10.6 Å². The van der Waals surface area contributed by atoms with E-state index in [9.17, 15) is 18.0 Å². The smallest absolute Gasteiger partial charge is 0.247 e. The van der Waals surface area contributed by atoms with E-state index in [0.717, 1.165) is 11.3 Å². The number of hydrogen-bond acceptors (Lipinski definition) is 2. The summed E-state index contributed by atoms with van der Waals surface area (Å²) in [5.41, 5.74) is 1.43. The minimum atomic E-state index is -1.29. The molecule has 1 unspecified atom stereocenters.